The molecule has 0 radical (unpaired) electrons. The molecular weight excluding hydrogens is 240 g/mol. The second-order valence-electron chi connectivity index (χ2n) is 6.08. The van der Waals surface area contributed by atoms with Crippen molar-refractivity contribution in [3.63, 3.8) is 0 Å². The Hall–Kier alpha value is -1.10. The summed E-state index contributed by atoms with van der Waals surface area (Å²) < 4.78 is 3.32. The van der Waals surface area contributed by atoms with Gasteiger partial charge in [0.05, 0.1) is 0 Å². The number of aromatic nitrogens is 3. The van der Waals surface area contributed by atoms with Crippen LogP contribution in [0.2, 0.25) is 0 Å². The van der Waals surface area contributed by atoms with Gasteiger partial charge in [-0.05, 0) is 38.6 Å². The highest BCUT2D eigenvalue weighted by molar-refractivity contribution is 4.90. The second kappa shape index (κ2) is 5.90. The average molecular weight is 266 g/mol. The number of piperidine rings is 1. The molecule has 0 N–H and O–H groups in total. The SMILES string of the molecule is Cc1nn(C)c(=O)n1C1CCN(CCC(C)C)CC1. The zero-order valence-electron chi connectivity index (χ0n) is 12.6. The third-order valence-electron chi connectivity index (χ3n) is 4.07. The van der Waals surface area contributed by atoms with E-state index in [9.17, 15) is 4.79 Å². The molecule has 1 aromatic rings. The molecule has 0 aliphatic carbocycles. The van der Waals surface area contributed by atoms with Crippen LogP contribution in [0.1, 0.15) is 45.0 Å². The molecule has 1 fully saturated rings. The topological polar surface area (TPSA) is 43.1 Å². The lowest BCUT2D eigenvalue weighted by Gasteiger charge is -2.32. The lowest BCUT2D eigenvalue weighted by atomic mass is 10.0. The van der Waals surface area contributed by atoms with E-state index in [1.807, 2.05) is 11.5 Å². The Morgan fingerprint density at radius 1 is 1.32 bits per heavy atom. The van der Waals surface area contributed by atoms with Gasteiger partial charge in [-0.25, -0.2) is 9.48 Å². The molecule has 19 heavy (non-hydrogen) atoms. The Bertz CT molecular complexity index is 466. The van der Waals surface area contributed by atoms with Crippen LogP contribution in [0.5, 0.6) is 0 Å². The van der Waals surface area contributed by atoms with Gasteiger partial charge in [0, 0.05) is 26.2 Å². The number of hydrogen-bond acceptors (Lipinski definition) is 3. The maximum absolute atomic E-state index is 12.0. The first-order valence-electron chi connectivity index (χ1n) is 7.33. The molecule has 0 unspecified atom stereocenters. The summed E-state index contributed by atoms with van der Waals surface area (Å²) in [6, 6.07) is 0.330. The van der Waals surface area contributed by atoms with Gasteiger partial charge in [-0.3, -0.25) is 4.57 Å². The number of nitrogens with zero attached hydrogens (tertiary/aromatic N) is 4. The quantitative estimate of drug-likeness (QED) is 0.831. The van der Waals surface area contributed by atoms with Crippen molar-refractivity contribution >= 4 is 0 Å². The van der Waals surface area contributed by atoms with Crippen molar-refractivity contribution in [3.05, 3.63) is 16.3 Å². The highest BCUT2D eigenvalue weighted by Gasteiger charge is 2.23. The van der Waals surface area contributed by atoms with E-state index in [0.29, 0.717) is 6.04 Å². The van der Waals surface area contributed by atoms with Crippen LogP contribution in [-0.4, -0.2) is 38.9 Å². The predicted octanol–water partition coefficient (Wildman–Crippen LogP) is 1.57. The van der Waals surface area contributed by atoms with Gasteiger partial charge in [0.2, 0.25) is 0 Å². The van der Waals surface area contributed by atoms with E-state index in [1.54, 1.807) is 7.05 Å². The first-order chi connectivity index (χ1) is 8.99. The fourth-order valence-corrected chi connectivity index (χ4v) is 2.86. The third-order valence-corrected chi connectivity index (χ3v) is 4.07. The summed E-state index contributed by atoms with van der Waals surface area (Å²) in [5.74, 6) is 1.61. The molecule has 2 rings (SSSR count). The zero-order valence-corrected chi connectivity index (χ0v) is 12.6. The van der Waals surface area contributed by atoms with Crippen LogP contribution in [0, 0.1) is 12.8 Å². The van der Waals surface area contributed by atoms with Crippen LogP contribution < -0.4 is 5.69 Å². The van der Waals surface area contributed by atoms with Gasteiger partial charge in [-0.2, -0.15) is 5.10 Å². The van der Waals surface area contributed by atoms with Gasteiger partial charge in [0.15, 0.2) is 0 Å². The van der Waals surface area contributed by atoms with Crippen LogP contribution in [0.3, 0.4) is 0 Å². The van der Waals surface area contributed by atoms with Gasteiger partial charge in [-0.1, -0.05) is 13.8 Å². The second-order valence-corrected chi connectivity index (χ2v) is 6.08. The summed E-state index contributed by atoms with van der Waals surface area (Å²) in [4.78, 5) is 14.6. The summed E-state index contributed by atoms with van der Waals surface area (Å²) in [5.41, 5.74) is 0.0260. The third kappa shape index (κ3) is 3.26. The minimum Gasteiger partial charge on any atom is -0.303 e. The molecule has 108 valence electrons. The van der Waals surface area contributed by atoms with Crippen LogP contribution >= 0.6 is 0 Å². The Balaban J connectivity index is 1.94. The molecule has 5 nitrogen and oxygen atoms in total. The molecule has 0 aromatic carbocycles. The summed E-state index contributed by atoms with van der Waals surface area (Å²) in [6.45, 7) is 9.84. The van der Waals surface area contributed by atoms with Crippen LogP contribution in [0.25, 0.3) is 0 Å². The minimum absolute atomic E-state index is 0.0260. The summed E-state index contributed by atoms with van der Waals surface area (Å²) in [7, 11) is 1.73. The molecule has 1 aliphatic heterocycles. The summed E-state index contributed by atoms with van der Waals surface area (Å²) in [5, 5.41) is 4.22. The molecule has 1 aromatic heterocycles. The molecule has 0 saturated carbocycles. The molecule has 0 spiro atoms. The molecule has 0 amide bonds. The molecule has 0 bridgehead atoms. The van der Waals surface area contributed by atoms with E-state index in [2.05, 4.69) is 23.8 Å². The zero-order chi connectivity index (χ0) is 14.0. The summed E-state index contributed by atoms with van der Waals surface area (Å²) >= 11 is 0. The molecule has 1 saturated heterocycles. The molecule has 0 atom stereocenters. The van der Waals surface area contributed by atoms with E-state index in [0.717, 1.165) is 37.7 Å². The molecule has 5 heteroatoms. The lowest BCUT2D eigenvalue weighted by Crippen LogP contribution is -2.38. The van der Waals surface area contributed by atoms with Gasteiger partial charge in [-0.15, -0.1) is 0 Å². The fourth-order valence-electron chi connectivity index (χ4n) is 2.86. The smallest absolute Gasteiger partial charge is 0.303 e. The molecule has 2 heterocycles. The first-order valence-corrected chi connectivity index (χ1v) is 7.33. The van der Waals surface area contributed by atoms with E-state index < -0.39 is 0 Å². The average Bonchev–Trinajstić information content (AvgIpc) is 2.62. The monoisotopic (exact) mass is 266 g/mol. The Morgan fingerprint density at radius 3 is 2.42 bits per heavy atom. The standard InChI is InChI=1S/C14H26N4O/c1-11(2)5-8-17-9-6-13(7-10-17)18-12(3)15-16(4)14(18)19/h11,13H,5-10H2,1-4H3. The van der Waals surface area contributed by atoms with Gasteiger partial charge in [0.1, 0.15) is 5.82 Å². The van der Waals surface area contributed by atoms with Crippen molar-refractivity contribution in [3.8, 4) is 0 Å². The Labute approximate surface area is 115 Å². The molecular formula is C14H26N4O. The van der Waals surface area contributed by atoms with Crippen LogP contribution in [0.15, 0.2) is 4.79 Å². The number of rotatable bonds is 4. The highest BCUT2D eigenvalue weighted by Crippen LogP contribution is 2.22. The van der Waals surface area contributed by atoms with Gasteiger partial charge < -0.3 is 4.90 Å². The van der Waals surface area contributed by atoms with Crippen molar-refractivity contribution in [2.24, 2.45) is 13.0 Å². The normalized spacial score (nSPS) is 18.4. The van der Waals surface area contributed by atoms with E-state index in [4.69, 9.17) is 0 Å². The van der Waals surface area contributed by atoms with Crippen molar-refractivity contribution in [1.82, 2.24) is 19.2 Å². The van der Waals surface area contributed by atoms with Gasteiger partial charge in [0.25, 0.3) is 0 Å². The summed E-state index contributed by atoms with van der Waals surface area (Å²) in [6.07, 6.45) is 3.38. The predicted molar refractivity (Wildman–Crippen MR) is 76.4 cm³/mol. The van der Waals surface area contributed by atoms with E-state index in [-0.39, 0.29) is 5.69 Å². The maximum atomic E-state index is 12.0. The van der Waals surface area contributed by atoms with Crippen molar-refractivity contribution in [2.45, 2.75) is 46.1 Å². The number of likely N-dealkylation sites (tertiary alicyclic amines) is 1. The van der Waals surface area contributed by atoms with Crippen LogP contribution in [0.4, 0.5) is 0 Å². The fraction of sp³-hybridized carbons (Fsp3) is 0.857. The van der Waals surface area contributed by atoms with E-state index >= 15 is 0 Å². The first kappa shape index (κ1) is 14.3. The largest absolute Gasteiger partial charge is 0.345 e. The molecule has 1 aliphatic rings. The highest BCUT2D eigenvalue weighted by atomic mass is 16.2. The maximum Gasteiger partial charge on any atom is 0.345 e. The van der Waals surface area contributed by atoms with Crippen molar-refractivity contribution in [2.75, 3.05) is 19.6 Å². The lowest BCUT2D eigenvalue weighted by molar-refractivity contribution is 0.176. The van der Waals surface area contributed by atoms with Crippen LogP contribution in [-0.2, 0) is 7.05 Å². The number of hydrogen-bond donors (Lipinski definition) is 0. The number of aryl methyl sites for hydroxylation is 2. The van der Waals surface area contributed by atoms with Gasteiger partial charge >= 0.3 is 5.69 Å². The Kier molecular flexibility index (Phi) is 4.45. The van der Waals surface area contributed by atoms with E-state index in [1.165, 1.54) is 17.6 Å². The minimum atomic E-state index is 0.0260. The Morgan fingerprint density at radius 2 is 1.95 bits per heavy atom. The van der Waals surface area contributed by atoms with Crippen molar-refractivity contribution < 1.29 is 0 Å². The van der Waals surface area contributed by atoms with Crippen molar-refractivity contribution in [1.29, 1.82) is 0 Å².